The van der Waals surface area contributed by atoms with E-state index in [-0.39, 0.29) is 5.78 Å². The highest BCUT2D eigenvalue weighted by atomic mass is 35.5. The Morgan fingerprint density at radius 3 is 2.48 bits per heavy atom. The van der Waals surface area contributed by atoms with Gasteiger partial charge in [-0.15, -0.1) is 0 Å². The first-order valence-corrected chi connectivity index (χ1v) is 7.20. The minimum Gasteiger partial charge on any atom is -0.386 e. The second-order valence-electron chi connectivity index (χ2n) is 4.99. The fraction of sp³-hybridized carbons (Fsp3) is 0.167. The van der Waals surface area contributed by atoms with Gasteiger partial charge in [-0.05, 0) is 25.5 Å². The first-order chi connectivity index (χ1) is 10.1. The van der Waals surface area contributed by atoms with Crippen LogP contribution in [0.5, 0.6) is 0 Å². The van der Waals surface area contributed by atoms with Crippen LogP contribution < -0.4 is 5.32 Å². The molecule has 0 radical (unpaired) electrons. The number of hydrogen-bond acceptors (Lipinski definition) is 2. The first-order valence-electron chi connectivity index (χ1n) is 6.83. The molecule has 0 spiro atoms. The van der Waals surface area contributed by atoms with E-state index in [9.17, 15) is 4.79 Å². The molecule has 2 nitrogen and oxygen atoms in total. The molecule has 3 heteroatoms. The largest absolute Gasteiger partial charge is 0.386 e. The summed E-state index contributed by atoms with van der Waals surface area (Å²) in [7, 11) is 0. The number of halogens is 1. The summed E-state index contributed by atoms with van der Waals surface area (Å²) in [4.78, 5) is 12.2. The Morgan fingerprint density at radius 1 is 1.14 bits per heavy atom. The van der Waals surface area contributed by atoms with Crippen LogP contribution in [0, 0.1) is 6.92 Å². The molecule has 0 unspecified atom stereocenters. The SMILES string of the molecule is CC(=CNCc1ccccc1Cl)C(=O)c1ccc(C)cc1. The molecule has 0 amide bonds. The molecule has 0 aliphatic rings. The van der Waals surface area contributed by atoms with Crippen LogP contribution in [0.15, 0.2) is 60.3 Å². The van der Waals surface area contributed by atoms with Crippen molar-refractivity contribution >= 4 is 17.4 Å². The molecule has 2 aromatic rings. The molecule has 2 aromatic carbocycles. The van der Waals surface area contributed by atoms with Crippen LogP contribution in [0.25, 0.3) is 0 Å². The summed E-state index contributed by atoms with van der Waals surface area (Å²) in [6.07, 6.45) is 1.74. The molecule has 1 N–H and O–H groups in total. The Kier molecular flexibility index (Phi) is 5.18. The molecule has 0 saturated heterocycles. The number of aryl methyl sites for hydroxylation is 1. The average molecular weight is 300 g/mol. The average Bonchev–Trinajstić information content (AvgIpc) is 2.49. The molecule has 21 heavy (non-hydrogen) atoms. The molecular weight excluding hydrogens is 282 g/mol. The fourth-order valence-corrected chi connectivity index (χ4v) is 2.16. The zero-order chi connectivity index (χ0) is 15.2. The van der Waals surface area contributed by atoms with Crippen molar-refractivity contribution < 1.29 is 4.79 Å². The number of Topliss-reactive ketones (excluding diaryl/α,β-unsaturated/α-hetero) is 1. The van der Waals surface area contributed by atoms with Crippen LogP contribution in [0.4, 0.5) is 0 Å². The summed E-state index contributed by atoms with van der Waals surface area (Å²) in [6, 6.07) is 15.2. The summed E-state index contributed by atoms with van der Waals surface area (Å²) in [6.45, 7) is 4.40. The summed E-state index contributed by atoms with van der Waals surface area (Å²) >= 11 is 6.09. The lowest BCUT2D eigenvalue weighted by atomic mass is 10.0. The zero-order valence-corrected chi connectivity index (χ0v) is 12.9. The highest BCUT2D eigenvalue weighted by Gasteiger charge is 2.07. The van der Waals surface area contributed by atoms with Crippen molar-refractivity contribution in [2.45, 2.75) is 20.4 Å². The number of carbonyl (C=O) groups is 1. The third kappa shape index (κ3) is 4.20. The molecule has 0 saturated carbocycles. The lowest BCUT2D eigenvalue weighted by Crippen LogP contribution is -2.09. The van der Waals surface area contributed by atoms with Crippen LogP contribution >= 0.6 is 11.6 Å². The predicted molar refractivity (Wildman–Crippen MR) is 87.6 cm³/mol. The van der Waals surface area contributed by atoms with Gasteiger partial charge < -0.3 is 5.32 Å². The molecule has 0 aliphatic carbocycles. The number of hydrogen-bond donors (Lipinski definition) is 1. The summed E-state index contributed by atoms with van der Waals surface area (Å²) in [5.41, 5.74) is 3.52. The number of benzene rings is 2. The van der Waals surface area contributed by atoms with Gasteiger partial charge in [0.1, 0.15) is 0 Å². The smallest absolute Gasteiger partial charge is 0.190 e. The highest BCUT2D eigenvalue weighted by Crippen LogP contribution is 2.14. The van der Waals surface area contributed by atoms with Gasteiger partial charge in [0.25, 0.3) is 0 Å². The molecule has 0 atom stereocenters. The van der Waals surface area contributed by atoms with E-state index in [2.05, 4.69) is 5.32 Å². The van der Waals surface area contributed by atoms with E-state index in [0.29, 0.717) is 17.7 Å². The molecule has 0 fully saturated rings. The number of nitrogens with one attached hydrogen (secondary N) is 1. The highest BCUT2D eigenvalue weighted by molar-refractivity contribution is 6.31. The Hall–Kier alpha value is -2.06. The molecular formula is C18H18ClNO. The Balaban J connectivity index is 1.99. The third-order valence-electron chi connectivity index (χ3n) is 3.24. The summed E-state index contributed by atoms with van der Waals surface area (Å²) < 4.78 is 0. The number of allylic oxidation sites excluding steroid dienone is 1. The van der Waals surface area contributed by atoms with Crippen LogP contribution in [-0.2, 0) is 6.54 Å². The van der Waals surface area contributed by atoms with E-state index >= 15 is 0 Å². The van der Waals surface area contributed by atoms with E-state index in [1.807, 2.05) is 62.4 Å². The first kappa shape index (κ1) is 15.3. The van der Waals surface area contributed by atoms with Crippen LogP contribution in [-0.4, -0.2) is 5.78 Å². The fourth-order valence-electron chi connectivity index (χ4n) is 1.95. The topological polar surface area (TPSA) is 29.1 Å². The number of rotatable bonds is 5. The maximum absolute atomic E-state index is 12.2. The van der Waals surface area contributed by atoms with Crippen molar-refractivity contribution in [1.29, 1.82) is 0 Å². The van der Waals surface area contributed by atoms with E-state index in [4.69, 9.17) is 11.6 Å². The van der Waals surface area contributed by atoms with Gasteiger partial charge in [-0.3, -0.25) is 4.79 Å². The van der Waals surface area contributed by atoms with Gasteiger partial charge >= 0.3 is 0 Å². The predicted octanol–water partition coefficient (Wildman–Crippen LogP) is 4.52. The zero-order valence-electron chi connectivity index (χ0n) is 12.2. The maximum atomic E-state index is 12.2. The normalized spacial score (nSPS) is 11.3. The Bertz CT molecular complexity index is 659. The minimum absolute atomic E-state index is 0.0293. The van der Waals surface area contributed by atoms with Gasteiger partial charge in [0.2, 0.25) is 0 Å². The van der Waals surface area contributed by atoms with Gasteiger partial charge in [0.15, 0.2) is 5.78 Å². The number of ketones is 1. The van der Waals surface area contributed by atoms with Crippen molar-refractivity contribution in [3.05, 3.63) is 82.0 Å². The van der Waals surface area contributed by atoms with Gasteiger partial charge in [-0.2, -0.15) is 0 Å². The molecule has 0 bridgehead atoms. The Labute approximate surface area is 130 Å². The lowest BCUT2D eigenvalue weighted by Gasteiger charge is -2.06. The summed E-state index contributed by atoms with van der Waals surface area (Å²) in [5, 5.41) is 3.86. The molecule has 0 heterocycles. The quantitative estimate of drug-likeness (QED) is 0.649. The molecule has 2 rings (SSSR count). The van der Waals surface area contributed by atoms with Crippen LogP contribution in [0.3, 0.4) is 0 Å². The van der Waals surface area contributed by atoms with Crippen molar-refractivity contribution in [1.82, 2.24) is 5.32 Å². The van der Waals surface area contributed by atoms with E-state index in [0.717, 1.165) is 16.1 Å². The van der Waals surface area contributed by atoms with Crippen LogP contribution in [0.2, 0.25) is 5.02 Å². The second-order valence-corrected chi connectivity index (χ2v) is 5.40. The second kappa shape index (κ2) is 7.09. The minimum atomic E-state index is 0.0293. The molecule has 108 valence electrons. The maximum Gasteiger partial charge on any atom is 0.190 e. The van der Waals surface area contributed by atoms with Crippen molar-refractivity contribution in [2.24, 2.45) is 0 Å². The van der Waals surface area contributed by atoms with E-state index in [1.54, 1.807) is 6.20 Å². The van der Waals surface area contributed by atoms with Gasteiger partial charge in [0.05, 0.1) is 0 Å². The number of carbonyl (C=O) groups excluding carboxylic acids is 1. The third-order valence-corrected chi connectivity index (χ3v) is 3.61. The van der Waals surface area contributed by atoms with Crippen molar-refractivity contribution in [3.63, 3.8) is 0 Å². The monoisotopic (exact) mass is 299 g/mol. The lowest BCUT2D eigenvalue weighted by molar-refractivity contribution is 0.103. The van der Waals surface area contributed by atoms with E-state index < -0.39 is 0 Å². The van der Waals surface area contributed by atoms with Crippen molar-refractivity contribution in [3.8, 4) is 0 Å². The van der Waals surface area contributed by atoms with Gasteiger partial charge in [-0.25, -0.2) is 0 Å². The van der Waals surface area contributed by atoms with Gasteiger partial charge in [-0.1, -0.05) is 59.6 Å². The van der Waals surface area contributed by atoms with Crippen molar-refractivity contribution in [2.75, 3.05) is 0 Å². The molecule has 0 aliphatic heterocycles. The van der Waals surface area contributed by atoms with Crippen LogP contribution in [0.1, 0.15) is 28.4 Å². The van der Waals surface area contributed by atoms with Gasteiger partial charge in [0, 0.05) is 28.9 Å². The standard InChI is InChI=1S/C18H18ClNO/c1-13-7-9-15(10-8-13)18(21)14(2)11-20-12-16-5-3-4-6-17(16)19/h3-11,20H,12H2,1-2H3. The Morgan fingerprint density at radius 2 is 1.81 bits per heavy atom. The van der Waals surface area contributed by atoms with E-state index in [1.165, 1.54) is 0 Å². The molecule has 0 aromatic heterocycles. The summed E-state index contributed by atoms with van der Waals surface area (Å²) in [5.74, 6) is 0.0293.